The normalized spacial score (nSPS) is 38.3. The molecule has 5 aliphatic carbocycles. The van der Waals surface area contributed by atoms with Crippen molar-refractivity contribution in [3.05, 3.63) is 11.6 Å². The Labute approximate surface area is 301 Å². The fourth-order valence-electron chi connectivity index (χ4n) is 12.6. The fraction of sp³-hybridized carbons (Fsp3) is 0.857. The highest BCUT2D eigenvalue weighted by molar-refractivity contribution is 5.84. The van der Waals surface area contributed by atoms with E-state index in [0.29, 0.717) is 37.6 Å². The van der Waals surface area contributed by atoms with Crippen molar-refractivity contribution in [2.75, 3.05) is 6.54 Å². The molecule has 0 aliphatic heterocycles. The molecule has 4 fully saturated rings. The van der Waals surface area contributed by atoms with Gasteiger partial charge >= 0.3 is 17.9 Å². The summed E-state index contributed by atoms with van der Waals surface area (Å²) in [5, 5.41) is 21.3. The number of carboxylic acid groups (broad SMARTS) is 2. The van der Waals surface area contributed by atoms with Gasteiger partial charge in [-0.05, 0) is 129 Å². The maximum atomic E-state index is 14.3. The fourth-order valence-corrected chi connectivity index (χ4v) is 12.6. The summed E-state index contributed by atoms with van der Waals surface area (Å²) in [5.41, 5.74) is 1.46. The van der Waals surface area contributed by atoms with Crippen LogP contribution in [-0.2, 0) is 23.9 Å². The Morgan fingerprint density at radius 1 is 0.760 bits per heavy atom. The van der Waals surface area contributed by atoms with Crippen molar-refractivity contribution < 1.29 is 34.1 Å². The lowest BCUT2D eigenvalue weighted by molar-refractivity contribution is -0.213. The van der Waals surface area contributed by atoms with E-state index in [1.165, 1.54) is 0 Å². The van der Waals surface area contributed by atoms with E-state index in [4.69, 9.17) is 14.9 Å². The lowest BCUT2D eigenvalue weighted by Crippen LogP contribution is -2.65. The predicted molar refractivity (Wildman–Crippen MR) is 194 cm³/mol. The van der Waals surface area contributed by atoms with Gasteiger partial charge in [-0.25, -0.2) is 0 Å². The first-order chi connectivity index (χ1) is 23.3. The number of unbranched alkanes of at least 4 members (excludes halogenated alkanes) is 3. The van der Waals surface area contributed by atoms with Gasteiger partial charge in [0.2, 0.25) is 5.91 Å². The average Bonchev–Trinajstić information content (AvgIpc) is 3.02. The lowest BCUT2D eigenvalue weighted by atomic mass is 9.33. The molecule has 8 atom stereocenters. The Bertz CT molecular complexity index is 1350. The second kappa shape index (κ2) is 14.2. The molecular formula is C42H67NO7. The van der Waals surface area contributed by atoms with Crippen LogP contribution >= 0.6 is 0 Å². The Hall–Kier alpha value is -2.38. The number of rotatable bonds is 13. The maximum absolute atomic E-state index is 14.3. The Kier molecular flexibility index (Phi) is 11.0. The number of fused-ring (bicyclic) bond motifs is 7. The largest absolute Gasteiger partial charge is 0.481 e. The van der Waals surface area contributed by atoms with Crippen molar-refractivity contribution >= 4 is 23.8 Å². The molecule has 0 aromatic rings. The number of hydrogen-bond donors (Lipinski definition) is 3. The van der Waals surface area contributed by atoms with Crippen molar-refractivity contribution in [2.24, 2.45) is 50.2 Å². The highest BCUT2D eigenvalue weighted by atomic mass is 16.5. The number of hydrogen-bond acceptors (Lipinski definition) is 5. The topological polar surface area (TPSA) is 130 Å². The van der Waals surface area contributed by atoms with Crippen molar-refractivity contribution in [3.8, 4) is 0 Å². The standard InChI is InChI=1S/C42H67NO7/c1-37(2)22-24-42(36(49)43-26-12-8-9-13-33(44)45)25-23-40(6)28(29(42)27-37)16-17-31-39(5)20-19-32(50-35(48)15-11-10-14-34(46)47)38(3,4)30(39)18-21-41(31,40)7/h16,29-32H,8-15,17-27H2,1-7H3,(H,43,49)(H,44,45)(H,46,47)/t29-,30-,31+,32-,39-,40+,41+,42-/m0/s1. The van der Waals surface area contributed by atoms with E-state index in [-0.39, 0.29) is 75.7 Å². The third kappa shape index (κ3) is 6.91. The first-order valence-electron chi connectivity index (χ1n) is 19.9. The highest BCUT2D eigenvalue weighted by Gasteiger charge is 2.69. The monoisotopic (exact) mass is 697 g/mol. The summed E-state index contributed by atoms with van der Waals surface area (Å²) >= 11 is 0. The number of carboxylic acids is 2. The van der Waals surface area contributed by atoms with E-state index in [2.05, 4.69) is 59.9 Å². The molecule has 5 aliphatic rings. The van der Waals surface area contributed by atoms with Crippen LogP contribution in [0.15, 0.2) is 11.6 Å². The van der Waals surface area contributed by atoms with Gasteiger partial charge in [0.1, 0.15) is 6.10 Å². The quantitative estimate of drug-likeness (QED) is 0.0994. The lowest BCUT2D eigenvalue weighted by Gasteiger charge is -2.71. The minimum Gasteiger partial charge on any atom is -0.481 e. The third-order valence-corrected chi connectivity index (χ3v) is 15.7. The Balaban J connectivity index is 1.34. The van der Waals surface area contributed by atoms with Gasteiger partial charge in [-0.15, -0.1) is 0 Å². The molecule has 5 rings (SSSR count). The summed E-state index contributed by atoms with van der Waals surface area (Å²) in [5.74, 6) is -0.376. The van der Waals surface area contributed by atoms with Crippen molar-refractivity contribution in [3.63, 3.8) is 0 Å². The SMILES string of the molecule is CC1(C)CC[C@]2(C(=O)NCCCCCC(=O)O)CC[C@]3(C)C(=CC[C@@H]4[C@@]5(C)CC[C@H](OC(=O)CCCCC(=O)O)C(C)(C)[C@@H]5CC[C@]43C)[C@@H]2C1. The molecule has 0 unspecified atom stereocenters. The molecular weight excluding hydrogens is 630 g/mol. The summed E-state index contributed by atoms with van der Waals surface area (Å²) in [6, 6.07) is 0. The molecule has 0 bridgehead atoms. The van der Waals surface area contributed by atoms with E-state index >= 15 is 0 Å². The van der Waals surface area contributed by atoms with E-state index in [1.54, 1.807) is 5.57 Å². The first-order valence-corrected chi connectivity index (χ1v) is 19.9. The van der Waals surface area contributed by atoms with Gasteiger partial charge in [0, 0.05) is 31.2 Å². The van der Waals surface area contributed by atoms with Crippen LogP contribution in [0, 0.1) is 50.2 Å². The van der Waals surface area contributed by atoms with Crippen molar-refractivity contribution in [1.29, 1.82) is 0 Å². The zero-order valence-electron chi connectivity index (χ0n) is 32.3. The number of amides is 1. The molecule has 0 saturated heterocycles. The van der Waals surface area contributed by atoms with Gasteiger partial charge in [0.15, 0.2) is 0 Å². The van der Waals surface area contributed by atoms with Gasteiger partial charge < -0.3 is 20.3 Å². The minimum absolute atomic E-state index is 0.0198. The van der Waals surface area contributed by atoms with Gasteiger partial charge in [-0.2, -0.15) is 0 Å². The molecule has 0 heterocycles. The number of ether oxygens (including phenoxy) is 1. The summed E-state index contributed by atoms with van der Waals surface area (Å²) in [4.78, 5) is 49.0. The van der Waals surface area contributed by atoms with Crippen LogP contribution in [-0.4, -0.2) is 46.7 Å². The van der Waals surface area contributed by atoms with Crippen LogP contribution in [0.1, 0.15) is 164 Å². The molecule has 50 heavy (non-hydrogen) atoms. The summed E-state index contributed by atoms with van der Waals surface area (Å²) in [6.45, 7) is 17.7. The van der Waals surface area contributed by atoms with Crippen LogP contribution in [0.5, 0.6) is 0 Å². The van der Waals surface area contributed by atoms with Gasteiger partial charge in [0.25, 0.3) is 0 Å². The Morgan fingerprint density at radius 3 is 2.08 bits per heavy atom. The minimum atomic E-state index is -0.826. The van der Waals surface area contributed by atoms with Gasteiger partial charge in [0.05, 0.1) is 5.41 Å². The number of esters is 1. The molecule has 1 amide bonds. The summed E-state index contributed by atoms with van der Waals surface area (Å²) in [6.07, 6.45) is 16.5. The third-order valence-electron chi connectivity index (χ3n) is 15.7. The molecule has 0 radical (unpaired) electrons. The summed E-state index contributed by atoms with van der Waals surface area (Å²) < 4.78 is 6.18. The van der Waals surface area contributed by atoms with E-state index in [9.17, 15) is 19.2 Å². The molecule has 4 saturated carbocycles. The van der Waals surface area contributed by atoms with Crippen LogP contribution in [0.3, 0.4) is 0 Å². The van der Waals surface area contributed by atoms with Crippen molar-refractivity contribution in [1.82, 2.24) is 5.32 Å². The Morgan fingerprint density at radius 2 is 1.40 bits per heavy atom. The smallest absolute Gasteiger partial charge is 0.306 e. The number of aliphatic carboxylic acids is 2. The predicted octanol–water partition coefficient (Wildman–Crippen LogP) is 9.11. The molecule has 3 N–H and O–H groups in total. The number of nitrogens with one attached hydrogen (secondary N) is 1. The maximum Gasteiger partial charge on any atom is 0.306 e. The second-order valence-corrected chi connectivity index (χ2v) is 19.3. The summed E-state index contributed by atoms with van der Waals surface area (Å²) in [7, 11) is 0. The number of carbonyl (C=O) groups is 4. The molecule has 8 nitrogen and oxygen atoms in total. The van der Waals surface area contributed by atoms with Crippen LogP contribution in [0.25, 0.3) is 0 Å². The van der Waals surface area contributed by atoms with Crippen molar-refractivity contribution in [2.45, 2.75) is 170 Å². The van der Waals surface area contributed by atoms with E-state index in [1.807, 2.05) is 0 Å². The molecule has 0 aromatic carbocycles. The average molecular weight is 698 g/mol. The second-order valence-electron chi connectivity index (χ2n) is 19.3. The highest BCUT2D eigenvalue weighted by Crippen LogP contribution is 2.75. The van der Waals surface area contributed by atoms with Crippen LogP contribution in [0.2, 0.25) is 0 Å². The number of carbonyl (C=O) groups excluding carboxylic acids is 2. The van der Waals surface area contributed by atoms with Crippen LogP contribution < -0.4 is 5.32 Å². The van der Waals surface area contributed by atoms with Gasteiger partial charge in [-0.1, -0.05) is 66.5 Å². The molecule has 0 spiro atoms. The zero-order chi connectivity index (χ0) is 36.8. The van der Waals surface area contributed by atoms with Gasteiger partial charge in [-0.3, -0.25) is 19.2 Å². The zero-order valence-corrected chi connectivity index (χ0v) is 32.3. The molecule has 0 aromatic heterocycles. The first kappa shape index (κ1) is 38.8. The van der Waals surface area contributed by atoms with E-state index < -0.39 is 11.9 Å². The van der Waals surface area contributed by atoms with E-state index in [0.717, 1.165) is 77.0 Å². The molecule has 282 valence electrons. The molecule has 8 heteroatoms. The number of allylic oxidation sites excluding steroid dienone is 2. The van der Waals surface area contributed by atoms with Crippen LogP contribution in [0.4, 0.5) is 0 Å².